The summed E-state index contributed by atoms with van der Waals surface area (Å²) in [6.45, 7) is 2.21. The Hall–Kier alpha value is -3.60. The average molecular weight is 386 g/mol. The summed E-state index contributed by atoms with van der Waals surface area (Å²) in [5.74, 6) is 0.626. The van der Waals surface area contributed by atoms with Gasteiger partial charge in [-0.2, -0.15) is 0 Å². The maximum Gasteiger partial charge on any atom is 0.310 e. The molecule has 0 unspecified atom stereocenters. The molecule has 1 heterocycles. The van der Waals surface area contributed by atoms with Crippen LogP contribution in [0.1, 0.15) is 12.5 Å². The number of esters is 1. The first-order valence-electron chi connectivity index (χ1n) is 9.55. The summed E-state index contributed by atoms with van der Waals surface area (Å²) in [6.07, 6.45) is 2.10. The molecule has 0 atom stereocenters. The summed E-state index contributed by atoms with van der Waals surface area (Å²) in [5, 5.41) is 0. The summed E-state index contributed by atoms with van der Waals surface area (Å²) >= 11 is 0. The molecular weight excluding hydrogens is 364 g/mol. The van der Waals surface area contributed by atoms with Gasteiger partial charge in [0.05, 0.1) is 31.2 Å². The number of aromatic nitrogens is 2. The third-order valence-electron chi connectivity index (χ3n) is 4.83. The van der Waals surface area contributed by atoms with Crippen LogP contribution in [0.5, 0.6) is 5.75 Å². The molecule has 0 aliphatic rings. The number of nitrogens with zero attached hydrogens (tertiary/aromatic N) is 2. The molecule has 0 aliphatic heterocycles. The first-order chi connectivity index (χ1) is 14.2. The minimum absolute atomic E-state index is 0.211. The summed E-state index contributed by atoms with van der Waals surface area (Å²) in [6, 6.07) is 22.0. The zero-order valence-electron chi connectivity index (χ0n) is 16.5. The lowest BCUT2D eigenvalue weighted by atomic mass is 10.0. The molecule has 146 valence electrons. The van der Waals surface area contributed by atoms with Crippen molar-refractivity contribution in [3.63, 3.8) is 0 Å². The number of methoxy groups -OCH3 is 1. The van der Waals surface area contributed by atoms with Gasteiger partial charge in [-0.3, -0.25) is 9.36 Å². The monoisotopic (exact) mass is 386 g/mol. The van der Waals surface area contributed by atoms with Crippen LogP contribution >= 0.6 is 0 Å². The fourth-order valence-corrected chi connectivity index (χ4v) is 3.42. The van der Waals surface area contributed by atoms with Gasteiger partial charge in [0, 0.05) is 11.3 Å². The van der Waals surface area contributed by atoms with Gasteiger partial charge < -0.3 is 9.47 Å². The SMILES string of the molecule is CCOC(=O)Cc1ccc(-n2cnc3cc(-c4ccccc4OC)ccc32)cc1. The Morgan fingerprint density at radius 1 is 1.03 bits per heavy atom. The van der Waals surface area contributed by atoms with Crippen LogP contribution in [-0.4, -0.2) is 29.2 Å². The molecule has 0 saturated carbocycles. The predicted octanol–water partition coefficient (Wildman–Crippen LogP) is 4.81. The standard InChI is InChI=1S/C24H22N2O3/c1-3-29-24(27)14-17-8-11-19(12-9-17)26-16-25-21-15-18(10-13-22(21)26)20-6-4-5-7-23(20)28-2/h4-13,15-16H,3,14H2,1-2H3. The molecule has 0 radical (unpaired) electrons. The normalized spacial score (nSPS) is 10.8. The van der Waals surface area contributed by atoms with Gasteiger partial charge >= 0.3 is 5.97 Å². The molecular formula is C24H22N2O3. The van der Waals surface area contributed by atoms with Crippen LogP contribution in [0.4, 0.5) is 0 Å². The second-order valence-corrected chi connectivity index (χ2v) is 6.67. The highest BCUT2D eigenvalue weighted by Gasteiger charge is 2.10. The van der Waals surface area contributed by atoms with Gasteiger partial charge in [-0.05, 0) is 48.4 Å². The highest BCUT2D eigenvalue weighted by molar-refractivity contribution is 5.85. The summed E-state index contributed by atoms with van der Waals surface area (Å²) in [5.41, 5.74) is 5.94. The van der Waals surface area contributed by atoms with Crippen LogP contribution < -0.4 is 4.74 Å². The van der Waals surface area contributed by atoms with Crippen LogP contribution in [0.3, 0.4) is 0 Å². The molecule has 0 N–H and O–H groups in total. The van der Waals surface area contributed by atoms with E-state index in [9.17, 15) is 4.79 Å². The number of carbonyl (C=O) groups is 1. The van der Waals surface area contributed by atoms with Gasteiger partial charge in [0.2, 0.25) is 0 Å². The molecule has 3 aromatic carbocycles. The van der Waals surface area contributed by atoms with Gasteiger partial charge in [0.1, 0.15) is 12.1 Å². The van der Waals surface area contributed by atoms with E-state index in [0.29, 0.717) is 6.61 Å². The molecule has 0 spiro atoms. The molecule has 4 aromatic rings. The minimum Gasteiger partial charge on any atom is -0.496 e. The minimum atomic E-state index is -0.211. The molecule has 5 nitrogen and oxygen atoms in total. The van der Waals surface area contributed by atoms with Gasteiger partial charge in [-0.25, -0.2) is 4.98 Å². The second-order valence-electron chi connectivity index (χ2n) is 6.67. The van der Waals surface area contributed by atoms with E-state index in [-0.39, 0.29) is 12.4 Å². The number of benzene rings is 3. The Morgan fingerprint density at radius 2 is 1.83 bits per heavy atom. The number of hydrogen-bond donors (Lipinski definition) is 0. The number of fused-ring (bicyclic) bond motifs is 1. The molecule has 1 aromatic heterocycles. The fraction of sp³-hybridized carbons (Fsp3) is 0.167. The first kappa shape index (κ1) is 18.7. The topological polar surface area (TPSA) is 53.4 Å². The van der Waals surface area contributed by atoms with E-state index in [0.717, 1.165) is 39.2 Å². The molecule has 0 saturated heterocycles. The Bertz CT molecular complexity index is 1150. The van der Waals surface area contributed by atoms with E-state index >= 15 is 0 Å². The number of rotatable bonds is 6. The van der Waals surface area contributed by atoms with Gasteiger partial charge in [-0.15, -0.1) is 0 Å². The van der Waals surface area contributed by atoms with Crippen molar-refractivity contribution >= 4 is 17.0 Å². The second kappa shape index (κ2) is 8.19. The van der Waals surface area contributed by atoms with Crippen molar-refractivity contribution in [3.8, 4) is 22.6 Å². The predicted molar refractivity (Wildman–Crippen MR) is 113 cm³/mol. The summed E-state index contributed by atoms with van der Waals surface area (Å²) in [4.78, 5) is 16.2. The maximum absolute atomic E-state index is 11.6. The van der Waals surface area contributed by atoms with Crippen molar-refractivity contribution < 1.29 is 14.3 Å². The number of para-hydroxylation sites is 1. The molecule has 0 amide bonds. The van der Waals surface area contributed by atoms with E-state index in [1.165, 1.54) is 0 Å². The van der Waals surface area contributed by atoms with Crippen molar-refractivity contribution in [2.24, 2.45) is 0 Å². The lowest BCUT2D eigenvalue weighted by Crippen LogP contribution is -2.07. The Balaban J connectivity index is 1.63. The number of imidazole rings is 1. The van der Waals surface area contributed by atoms with Gasteiger partial charge in [0.15, 0.2) is 0 Å². The summed E-state index contributed by atoms with van der Waals surface area (Å²) < 4.78 is 12.5. The maximum atomic E-state index is 11.6. The molecule has 5 heteroatoms. The number of carbonyl (C=O) groups excluding carboxylic acids is 1. The Labute approximate surface area is 169 Å². The van der Waals surface area contributed by atoms with Gasteiger partial charge in [-0.1, -0.05) is 36.4 Å². The molecule has 0 bridgehead atoms. The highest BCUT2D eigenvalue weighted by atomic mass is 16.5. The van der Waals surface area contributed by atoms with E-state index in [1.807, 2.05) is 66.3 Å². The fourth-order valence-electron chi connectivity index (χ4n) is 3.42. The molecule has 29 heavy (non-hydrogen) atoms. The smallest absolute Gasteiger partial charge is 0.310 e. The highest BCUT2D eigenvalue weighted by Crippen LogP contribution is 2.31. The zero-order chi connectivity index (χ0) is 20.2. The first-order valence-corrected chi connectivity index (χ1v) is 9.55. The van der Waals surface area contributed by atoms with Crippen molar-refractivity contribution in [1.29, 1.82) is 0 Å². The lowest BCUT2D eigenvalue weighted by molar-refractivity contribution is -0.142. The Kier molecular flexibility index (Phi) is 5.29. The summed E-state index contributed by atoms with van der Waals surface area (Å²) in [7, 11) is 1.68. The van der Waals surface area contributed by atoms with Crippen LogP contribution in [0, 0.1) is 0 Å². The number of hydrogen-bond acceptors (Lipinski definition) is 4. The van der Waals surface area contributed by atoms with Crippen molar-refractivity contribution in [2.75, 3.05) is 13.7 Å². The largest absolute Gasteiger partial charge is 0.496 e. The van der Waals surface area contributed by atoms with Crippen LogP contribution in [0.2, 0.25) is 0 Å². The van der Waals surface area contributed by atoms with Crippen molar-refractivity contribution in [2.45, 2.75) is 13.3 Å². The van der Waals surface area contributed by atoms with E-state index in [2.05, 4.69) is 23.2 Å². The third kappa shape index (κ3) is 3.85. The van der Waals surface area contributed by atoms with Crippen LogP contribution in [-0.2, 0) is 16.0 Å². The van der Waals surface area contributed by atoms with Crippen molar-refractivity contribution in [3.05, 3.63) is 78.6 Å². The quantitative estimate of drug-likeness (QED) is 0.447. The third-order valence-corrected chi connectivity index (χ3v) is 4.83. The zero-order valence-corrected chi connectivity index (χ0v) is 16.5. The van der Waals surface area contributed by atoms with Crippen molar-refractivity contribution in [1.82, 2.24) is 9.55 Å². The van der Waals surface area contributed by atoms with E-state index in [4.69, 9.17) is 9.47 Å². The van der Waals surface area contributed by atoms with Crippen LogP contribution in [0.25, 0.3) is 27.8 Å². The van der Waals surface area contributed by atoms with E-state index < -0.39 is 0 Å². The van der Waals surface area contributed by atoms with Crippen LogP contribution in [0.15, 0.2) is 73.1 Å². The molecule has 0 fully saturated rings. The molecule has 0 aliphatic carbocycles. The average Bonchev–Trinajstić information content (AvgIpc) is 3.17. The lowest BCUT2D eigenvalue weighted by Gasteiger charge is -2.09. The van der Waals surface area contributed by atoms with Gasteiger partial charge in [0.25, 0.3) is 0 Å². The van der Waals surface area contributed by atoms with E-state index in [1.54, 1.807) is 7.11 Å². The number of ether oxygens (including phenoxy) is 2. The Morgan fingerprint density at radius 3 is 2.59 bits per heavy atom. The molecule has 4 rings (SSSR count).